The smallest absolute Gasteiger partial charge is 0.229 e. The molecule has 1 atom stereocenters. The van der Waals surface area contributed by atoms with Gasteiger partial charge in [0, 0.05) is 28.1 Å². The molecule has 1 unspecified atom stereocenters. The minimum absolute atomic E-state index is 0.275. The fraction of sp³-hybridized carbons (Fsp3) is 0.353. The molecule has 0 spiro atoms. The van der Waals surface area contributed by atoms with Crippen LogP contribution < -0.4 is 9.47 Å². The molecule has 1 aromatic heterocycles. The molecule has 116 valence electrons. The Kier molecular flexibility index (Phi) is 3.54. The maximum atomic E-state index is 12.2. The van der Waals surface area contributed by atoms with E-state index in [1.54, 1.807) is 36.4 Å². The molecule has 2 heterocycles. The molecule has 4 nitrogen and oxygen atoms in total. The van der Waals surface area contributed by atoms with Crippen LogP contribution >= 0.6 is 11.6 Å². The highest BCUT2D eigenvalue weighted by Gasteiger charge is 2.47. The number of hydrogen-bond acceptors (Lipinski definition) is 3. The summed E-state index contributed by atoms with van der Waals surface area (Å²) in [4.78, 5) is 0. The summed E-state index contributed by atoms with van der Waals surface area (Å²) in [5, 5.41) is 24.2. The fourth-order valence-electron chi connectivity index (χ4n) is 3.04. The van der Waals surface area contributed by atoms with Crippen molar-refractivity contribution >= 4 is 11.6 Å². The Labute approximate surface area is 134 Å². The van der Waals surface area contributed by atoms with Crippen LogP contribution in [0, 0.1) is 10.6 Å². The molecule has 0 saturated heterocycles. The van der Waals surface area contributed by atoms with Crippen LogP contribution in [0.3, 0.4) is 0 Å². The Morgan fingerprint density at radius 3 is 2.77 bits per heavy atom. The van der Waals surface area contributed by atoms with Gasteiger partial charge in [-0.1, -0.05) is 25.4 Å². The van der Waals surface area contributed by atoms with Crippen molar-refractivity contribution in [3.05, 3.63) is 64.1 Å². The molecule has 0 radical (unpaired) electrons. The number of aromatic nitrogens is 1. The van der Waals surface area contributed by atoms with Gasteiger partial charge in [0.1, 0.15) is 5.75 Å². The van der Waals surface area contributed by atoms with Crippen molar-refractivity contribution < 1.29 is 14.6 Å². The van der Waals surface area contributed by atoms with Crippen LogP contribution in [0.25, 0.3) is 0 Å². The van der Waals surface area contributed by atoms with Crippen molar-refractivity contribution in [2.45, 2.75) is 25.9 Å². The summed E-state index contributed by atoms with van der Waals surface area (Å²) in [7, 11) is 0. The zero-order valence-electron chi connectivity index (χ0n) is 12.5. The second-order valence-corrected chi connectivity index (χ2v) is 6.98. The van der Waals surface area contributed by atoms with Gasteiger partial charge in [-0.3, -0.25) is 0 Å². The van der Waals surface area contributed by atoms with Gasteiger partial charge in [0.15, 0.2) is 11.8 Å². The molecular formula is C17H18ClNO3. The largest absolute Gasteiger partial charge is 0.618 e. The molecule has 1 aliphatic rings. The van der Waals surface area contributed by atoms with E-state index in [0.717, 1.165) is 0 Å². The van der Waals surface area contributed by atoms with E-state index in [2.05, 4.69) is 0 Å². The third-order valence-corrected chi connectivity index (χ3v) is 4.22. The third kappa shape index (κ3) is 2.53. The lowest BCUT2D eigenvalue weighted by Crippen LogP contribution is -2.44. The van der Waals surface area contributed by atoms with E-state index in [1.807, 2.05) is 13.8 Å². The summed E-state index contributed by atoms with van der Waals surface area (Å²) in [6.45, 7) is 4.46. The number of rotatable bonds is 1. The number of benzene rings is 1. The number of fused-ring (bicyclic) bond motifs is 1. The predicted octanol–water partition coefficient (Wildman–Crippen LogP) is 3.02. The SMILES string of the molecule is CC1(C)COc2ccc(Cl)cc2C(O)(c2cccc[n+]2[O-])C1. The van der Waals surface area contributed by atoms with Gasteiger partial charge >= 0.3 is 0 Å². The normalized spacial score (nSPS) is 23.3. The summed E-state index contributed by atoms with van der Waals surface area (Å²) < 4.78 is 6.55. The molecule has 0 fully saturated rings. The van der Waals surface area contributed by atoms with E-state index >= 15 is 0 Å². The minimum atomic E-state index is -1.46. The van der Waals surface area contributed by atoms with E-state index in [9.17, 15) is 10.3 Å². The maximum absolute atomic E-state index is 12.2. The quantitative estimate of drug-likeness (QED) is 0.649. The molecule has 1 N–H and O–H groups in total. The molecule has 1 aromatic carbocycles. The number of halogens is 1. The van der Waals surface area contributed by atoms with Crippen LogP contribution in [0.15, 0.2) is 42.6 Å². The first kappa shape index (κ1) is 15.1. The van der Waals surface area contributed by atoms with Gasteiger partial charge in [0.25, 0.3) is 0 Å². The molecule has 22 heavy (non-hydrogen) atoms. The Morgan fingerprint density at radius 2 is 2.05 bits per heavy atom. The lowest BCUT2D eigenvalue weighted by atomic mass is 9.76. The Bertz CT molecular complexity index is 717. The highest BCUT2D eigenvalue weighted by molar-refractivity contribution is 6.30. The van der Waals surface area contributed by atoms with Gasteiger partial charge in [-0.2, -0.15) is 4.73 Å². The van der Waals surface area contributed by atoms with Gasteiger partial charge in [-0.15, -0.1) is 0 Å². The lowest BCUT2D eigenvalue weighted by molar-refractivity contribution is -0.622. The van der Waals surface area contributed by atoms with Gasteiger partial charge in [-0.25, -0.2) is 0 Å². The van der Waals surface area contributed by atoms with Gasteiger partial charge in [0.2, 0.25) is 5.69 Å². The van der Waals surface area contributed by atoms with Crippen molar-refractivity contribution in [3.63, 3.8) is 0 Å². The molecule has 2 aromatic rings. The van der Waals surface area contributed by atoms with E-state index in [1.165, 1.54) is 6.20 Å². The predicted molar refractivity (Wildman–Crippen MR) is 83.7 cm³/mol. The molecule has 0 saturated carbocycles. The summed E-state index contributed by atoms with van der Waals surface area (Å²) in [6.07, 6.45) is 1.75. The molecule has 3 rings (SSSR count). The number of hydrogen-bond donors (Lipinski definition) is 1. The van der Waals surface area contributed by atoms with Crippen molar-refractivity contribution in [1.29, 1.82) is 0 Å². The molecule has 5 heteroatoms. The Morgan fingerprint density at radius 1 is 1.27 bits per heavy atom. The average molecular weight is 320 g/mol. The third-order valence-electron chi connectivity index (χ3n) is 3.99. The molecule has 0 bridgehead atoms. The topological polar surface area (TPSA) is 56.4 Å². The van der Waals surface area contributed by atoms with Crippen molar-refractivity contribution in [2.75, 3.05) is 6.61 Å². The second kappa shape index (κ2) is 5.14. The number of ether oxygens (including phenoxy) is 1. The Hall–Kier alpha value is -1.78. The molecular weight excluding hydrogens is 302 g/mol. The highest BCUT2D eigenvalue weighted by Crippen LogP contribution is 2.46. The van der Waals surface area contributed by atoms with E-state index in [4.69, 9.17) is 16.3 Å². The average Bonchev–Trinajstić information content (AvgIpc) is 2.55. The number of pyridine rings is 1. The van der Waals surface area contributed by atoms with Crippen LogP contribution in [0.2, 0.25) is 5.02 Å². The zero-order chi connectivity index (χ0) is 16.0. The minimum Gasteiger partial charge on any atom is -0.618 e. The van der Waals surface area contributed by atoms with E-state index < -0.39 is 5.60 Å². The summed E-state index contributed by atoms with van der Waals surface area (Å²) >= 11 is 6.10. The first-order chi connectivity index (χ1) is 10.3. The zero-order valence-corrected chi connectivity index (χ0v) is 13.3. The van der Waals surface area contributed by atoms with Crippen LogP contribution in [-0.4, -0.2) is 11.7 Å². The standard InChI is InChI=1S/C17H18ClNO3/c1-16(2)10-17(20,15-5-3-4-8-19(15)21)13-9-12(18)6-7-14(13)22-11-16/h3-9,20H,10-11H2,1-2H3. The van der Waals surface area contributed by atoms with Crippen LogP contribution in [-0.2, 0) is 5.60 Å². The second-order valence-electron chi connectivity index (χ2n) is 6.54. The fourth-order valence-corrected chi connectivity index (χ4v) is 3.21. The van der Waals surface area contributed by atoms with Crippen molar-refractivity contribution in [3.8, 4) is 5.75 Å². The summed E-state index contributed by atoms with van der Waals surface area (Å²) in [5.74, 6) is 0.557. The van der Waals surface area contributed by atoms with E-state index in [0.29, 0.717) is 34.1 Å². The lowest BCUT2D eigenvalue weighted by Gasteiger charge is -2.31. The maximum Gasteiger partial charge on any atom is 0.229 e. The van der Waals surface area contributed by atoms with Crippen LogP contribution in [0.5, 0.6) is 5.75 Å². The highest BCUT2D eigenvalue weighted by atomic mass is 35.5. The van der Waals surface area contributed by atoms with Gasteiger partial charge in [0.05, 0.1) is 6.61 Å². The van der Waals surface area contributed by atoms with Crippen molar-refractivity contribution in [1.82, 2.24) is 0 Å². The summed E-state index contributed by atoms with van der Waals surface area (Å²) in [5.41, 5.74) is -0.953. The number of aliphatic hydroxyl groups is 1. The monoisotopic (exact) mass is 319 g/mol. The van der Waals surface area contributed by atoms with Crippen LogP contribution in [0.4, 0.5) is 0 Å². The first-order valence-corrected chi connectivity index (χ1v) is 7.54. The molecule has 0 aliphatic carbocycles. The molecule has 1 aliphatic heterocycles. The molecule has 0 amide bonds. The van der Waals surface area contributed by atoms with Crippen molar-refractivity contribution in [2.24, 2.45) is 5.41 Å². The summed E-state index contributed by atoms with van der Waals surface area (Å²) in [6, 6.07) is 10.1. The van der Waals surface area contributed by atoms with Gasteiger partial charge < -0.3 is 15.1 Å². The number of nitrogens with zero attached hydrogens (tertiary/aromatic N) is 1. The van der Waals surface area contributed by atoms with Crippen LogP contribution in [0.1, 0.15) is 31.5 Å². The van der Waals surface area contributed by atoms with E-state index in [-0.39, 0.29) is 11.1 Å². The Balaban J connectivity index is 2.27. The first-order valence-electron chi connectivity index (χ1n) is 7.16. The van der Waals surface area contributed by atoms with Gasteiger partial charge in [-0.05, 0) is 30.7 Å².